The fourth-order valence-electron chi connectivity index (χ4n) is 1.75. The van der Waals surface area contributed by atoms with Crippen LogP contribution in [0.2, 0.25) is 0 Å². The van der Waals surface area contributed by atoms with Gasteiger partial charge in [0.05, 0.1) is 6.61 Å². The van der Waals surface area contributed by atoms with Gasteiger partial charge >= 0.3 is 5.97 Å². The Morgan fingerprint density at radius 2 is 2.12 bits per heavy atom. The Labute approximate surface area is 94.4 Å². The van der Waals surface area contributed by atoms with Crippen molar-refractivity contribution in [2.45, 2.75) is 40.2 Å². The highest BCUT2D eigenvalue weighted by atomic mass is 16.5. The number of ether oxygens (including phenoxy) is 1. The molecular formula is C11H18N2O3. The molecular weight excluding hydrogens is 208 g/mol. The number of aromatic amines is 1. The summed E-state index contributed by atoms with van der Waals surface area (Å²) in [6.45, 7) is 7.74. The zero-order valence-electron chi connectivity index (χ0n) is 10.2. The first-order chi connectivity index (χ1) is 7.47. The lowest BCUT2D eigenvalue weighted by atomic mass is 10.1. The molecule has 5 nitrogen and oxygen atoms in total. The van der Waals surface area contributed by atoms with Crippen LogP contribution in [0.4, 0.5) is 0 Å². The summed E-state index contributed by atoms with van der Waals surface area (Å²) in [7, 11) is 0. The minimum Gasteiger partial charge on any atom is -0.465 e. The molecule has 0 saturated heterocycles. The quantitative estimate of drug-likeness (QED) is 0.784. The van der Waals surface area contributed by atoms with Gasteiger partial charge in [0.1, 0.15) is 6.54 Å². The zero-order chi connectivity index (χ0) is 12.3. The van der Waals surface area contributed by atoms with Crippen LogP contribution in [-0.4, -0.2) is 22.4 Å². The first kappa shape index (κ1) is 12.5. The molecule has 1 aromatic rings. The molecule has 0 spiro atoms. The highest BCUT2D eigenvalue weighted by Gasteiger charge is 2.15. The van der Waals surface area contributed by atoms with Crippen LogP contribution in [0.15, 0.2) is 4.79 Å². The third kappa shape index (κ3) is 2.53. The van der Waals surface area contributed by atoms with Crippen LogP contribution < -0.4 is 5.56 Å². The van der Waals surface area contributed by atoms with E-state index in [-0.39, 0.29) is 18.0 Å². The molecule has 0 atom stereocenters. The Kier molecular flexibility index (Phi) is 3.93. The van der Waals surface area contributed by atoms with Crippen molar-refractivity contribution in [2.75, 3.05) is 6.61 Å². The number of carbonyl (C=O) groups is 1. The van der Waals surface area contributed by atoms with Gasteiger partial charge in [0.25, 0.3) is 5.56 Å². The van der Waals surface area contributed by atoms with Crippen molar-refractivity contribution >= 4 is 5.97 Å². The van der Waals surface area contributed by atoms with Crippen molar-refractivity contribution in [2.24, 2.45) is 0 Å². The van der Waals surface area contributed by atoms with Gasteiger partial charge < -0.3 is 4.74 Å². The van der Waals surface area contributed by atoms with E-state index in [2.05, 4.69) is 5.10 Å². The summed E-state index contributed by atoms with van der Waals surface area (Å²) in [5, 5.41) is 2.89. The van der Waals surface area contributed by atoms with Gasteiger partial charge in [-0.3, -0.25) is 14.7 Å². The molecule has 0 bridgehead atoms. The van der Waals surface area contributed by atoms with E-state index in [0.717, 1.165) is 11.3 Å². The summed E-state index contributed by atoms with van der Waals surface area (Å²) < 4.78 is 6.09. The summed E-state index contributed by atoms with van der Waals surface area (Å²) in [5.74, 6) is -0.256. The number of hydrogen-bond acceptors (Lipinski definition) is 3. The Bertz CT molecular complexity index is 429. The number of nitrogens with one attached hydrogen (secondary N) is 1. The average molecular weight is 226 g/mol. The van der Waals surface area contributed by atoms with E-state index in [0.29, 0.717) is 6.61 Å². The molecule has 0 radical (unpaired) electrons. The van der Waals surface area contributed by atoms with Gasteiger partial charge in [0.2, 0.25) is 0 Å². The predicted octanol–water partition coefficient (Wildman–Crippen LogP) is 1.17. The van der Waals surface area contributed by atoms with E-state index in [1.807, 2.05) is 20.8 Å². The fourth-order valence-corrected chi connectivity index (χ4v) is 1.75. The number of rotatable bonds is 4. The molecule has 1 N–H and O–H groups in total. The van der Waals surface area contributed by atoms with E-state index in [9.17, 15) is 9.59 Å². The minimum atomic E-state index is -0.402. The summed E-state index contributed by atoms with van der Waals surface area (Å²) in [5.41, 5.74) is 1.40. The van der Waals surface area contributed by atoms with Crippen LogP contribution in [0.5, 0.6) is 0 Å². The van der Waals surface area contributed by atoms with Crippen molar-refractivity contribution in [3.8, 4) is 0 Å². The van der Waals surface area contributed by atoms with Crippen molar-refractivity contribution in [3.63, 3.8) is 0 Å². The Morgan fingerprint density at radius 3 is 2.56 bits per heavy atom. The maximum atomic E-state index is 11.9. The number of esters is 1. The second kappa shape index (κ2) is 5.01. The van der Waals surface area contributed by atoms with Crippen LogP contribution in [0.25, 0.3) is 0 Å². The highest BCUT2D eigenvalue weighted by Crippen LogP contribution is 2.12. The van der Waals surface area contributed by atoms with Gasteiger partial charge in [0.15, 0.2) is 0 Å². The average Bonchev–Trinajstić information content (AvgIpc) is 2.42. The molecule has 0 saturated carbocycles. The summed E-state index contributed by atoms with van der Waals surface area (Å²) in [6, 6.07) is 0. The number of nitrogens with zero attached hydrogens (tertiary/aromatic N) is 1. The standard InChI is InChI=1S/C11H18N2O3/c1-5-16-9(14)6-13-11(15)10(7(2)3)8(4)12-13/h7,12H,5-6H2,1-4H3. The second-order valence-electron chi connectivity index (χ2n) is 4.00. The number of aromatic nitrogens is 2. The van der Waals surface area contributed by atoms with E-state index in [4.69, 9.17) is 4.74 Å². The van der Waals surface area contributed by atoms with Crippen LogP contribution >= 0.6 is 0 Å². The van der Waals surface area contributed by atoms with E-state index in [1.54, 1.807) is 6.92 Å². The second-order valence-corrected chi connectivity index (χ2v) is 4.00. The number of aryl methyl sites for hydroxylation is 1. The molecule has 0 aliphatic heterocycles. The van der Waals surface area contributed by atoms with Crippen molar-refractivity contribution in [1.29, 1.82) is 0 Å². The van der Waals surface area contributed by atoms with Crippen LogP contribution in [0.3, 0.4) is 0 Å². The van der Waals surface area contributed by atoms with Gasteiger partial charge in [-0.2, -0.15) is 0 Å². The van der Waals surface area contributed by atoms with Gasteiger partial charge in [-0.25, -0.2) is 4.68 Å². The van der Waals surface area contributed by atoms with Gasteiger partial charge in [-0.05, 0) is 19.8 Å². The maximum Gasteiger partial charge on any atom is 0.327 e. The predicted molar refractivity (Wildman–Crippen MR) is 60.5 cm³/mol. The number of carbonyl (C=O) groups excluding carboxylic acids is 1. The molecule has 0 amide bonds. The molecule has 1 rings (SSSR count). The van der Waals surface area contributed by atoms with E-state index in [1.165, 1.54) is 4.68 Å². The lowest BCUT2D eigenvalue weighted by Gasteiger charge is -2.01. The SMILES string of the molecule is CCOC(=O)Cn1[nH]c(C)c(C(C)C)c1=O. The lowest BCUT2D eigenvalue weighted by molar-refractivity contribution is -0.144. The Balaban J connectivity index is 2.95. The zero-order valence-corrected chi connectivity index (χ0v) is 10.2. The molecule has 5 heteroatoms. The summed E-state index contributed by atoms with van der Waals surface area (Å²) in [4.78, 5) is 23.1. The van der Waals surface area contributed by atoms with Gasteiger partial charge in [-0.1, -0.05) is 13.8 Å². The van der Waals surface area contributed by atoms with Crippen molar-refractivity contribution in [3.05, 3.63) is 21.6 Å². The molecule has 0 aliphatic carbocycles. The third-order valence-electron chi connectivity index (χ3n) is 2.35. The topological polar surface area (TPSA) is 64.1 Å². The number of hydrogen-bond donors (Lipinski definition) is 1. The van der Waals surface area contributed by atoms with Crippen LogP contribution in [-0.2, 0) is 16.1 Å². The molecule has 0 unspecified atom stereocenters. The maximum absolute atomic E-state index is 11.9. The van der Waals surface area contributed by atoms with Crippen LogP contribution in [0.1, 0.15) is 37.9 Å². The lowest BCUT2D eigenvalue weighted by Crippen LogP contribution is -2.25. The molecule has 90 valence electrons. The summed E-state index contributed by atoms with van der Waals surface area (Å²) in [6.07, 6.45) is 0. The van der Waals surface area contributed by atoms with Crippen molar-refractivity contribution < 1.29 is 9.53 Å². The molecule has 0 fully saturated rings. The van der Waals surface area contributed by atoms with Gasteiger partial charge in [0, 0.05) is 11.3 Å². The fraction of sp³-hybridized carbons (Fsp3) is 0.636. The molecule has 0 aliphatic rings. The largest absolute Gasteiger partial charge is 0.465 e. The minimum absolute atomic E-state index is 0.0553. The van der Waals surface area contributed by atoms with Crippen molar-refractivity contribution in [1.82, 2.24) is 9.78 Å². The normalized spacial score (nSPS) is 10.8. The Morgan fingerprint density at radius 1 is 1.50 bits per heavy atom. The van der Waals surface area contributed by atoms with Gasteiger partial charge in [-0.15, -0.1) is 0 Å². The molecule has 16 heavy (non-hydrogen) atoms. The van der Waals surface area contributed by atoms with E-state index >= 15 is 0 Å². The monoisotopic (exact) mass is 226 g/mol. The highest BCUT2D eigenvalue weighted by molar-refractivity contribution is 5.69. The van der Waals surface area contributed by atoms with Crippen LogP contribution in [0, 0.1) is 6.92 Å². The van der Waals surface area contributed by atoms with E-state index < -0.39 is 5.97 Å². The smallest absolute Gasteiger partial charge is 0.327 e. The molecule has 0 aromatic carbocycles. The molecule has 1 aromatic heterocycles. The number of H-pyrrole nitrogens is 1. The first-order valence-electron chi connectivity index (χ1n) is 5.42. The first-order valence-corrected chi connectivity index (χ1v) is 5.42. The Hall–Kier alpha value is -1.52. The molecule has 1 heterocycles. The third-order valence-corrected chi connectivity index (χ3v) is 2.35. The summed E-state index contributed by atoms with van der Waals surface area (Å²) >= 11 is 0.